The van der Waals surface area contributed by atoms with Gasteiger partial charge in [-0.05, 0) is 39.2 Å². The topological polar surface area (TPSA) is 89.3 Å². The minimum absolute atomic E-state index is 0.00189. The SMILES string of the molecule is CC[C@@H](C)N(C(=O)Cn1cnc2sc(C)c(C)c2c1=O)[C@@H]1CCS(=O)(=O)C1. The number of aromatic nitrogens is 2. The highest BCUT2D eigenvalue weighted by molar-refractivity contribution is 7.91. The molecule has 1 fully saturated rings. The van der Waals surface area contributed by atoms with Crippen molar-refractivity contribution < 1.29 is 13.2 Å². The minimum Gasteiger partial charge on any atom is -0.334 e. The maximum atomic E-state index is 13.0. The van der Waals surface area contributed by atoms with Crippen molar-refractivity contribution in [1.82, 2.24) is 14.5 Å². The molecule has 0 saturated carbocycles. The average Bonchev–Trinajstić information content (AvgIpc) is 3.10. The Balaban J connectivity index is 1.92. The fourth-order valence-corrected chi connectivity index (χ4v) is 6.31. The second-order valence-electron chi connectivity index (χ2n) is 7.26. The fraction of sp³-hybridized carbons (Fsp3) is 0.611. The molecule has 7 nitrogen and oxygen atoms in total. The van der Waals surface area contributed by atoms with Crippen molar-refractivity contribution in [3.63, 3.8) is 0 Å². The molecule has 9 heteroatoms. The van der Waals surface area contributed by atoms with Gasteiger partial charge in [-0.3, -0.25) is 14.2 Å². The van der Waals surface area contributed by atoms with E-state index in [0.717, 1.165) is 16.9 Å². The maximum absolute atomic E-state index is 13.0. The molecular weight excluding hydrogens is 386 g/mol. The molecular formula is C18H25N3O4S2. The fourth-order valence-electron chi connectivity index (χ4n) is 3.61. The Kier molecular flexibility index (Phi) is 5.45. The summed E-state index contributed by atoms with van der Waals surface area (Å²) in [5, 5.41) is 0.561. The normalized spacial score (nSPS) is 20.1. The number of hydrogen-bond donors (Lipinski definition) is 0. The molecule has 1 aliphatic heterocycles. The van der Waals surface area contributed by atoms with E-state index in [4.69, 9.17) is 0 Å². The Hall–Kier alpha value is -1.74. The van der Waals surface area contributed by atoms with E-state index in [-0.39, 0.29) is 41.6 Å². The molecule has 0 aromatic carbocycles. The van der Waals surface area contributed by atoms with Gasteiger partial charge in [-0.2, -0.15) is 0 Å². The number of sulfone groups is 1. The Morgan fingerprint density at radius 3 is 2.74 bits per heavy atom. The van der Waals surface area contributed by atoms with Crippen LogP contribution in [-0.2, 0) is 21.2 Å². The molecule has 2 atom stereocenters. The molecule has 0 N–H and O–H groups in total. The van der Waals surface area contributed by atoms with E-state index >= 15 is 0 Å². The summed E-state index contributed by atoms with van der Waals surface area (Å²) < 4.78 is 25.1. The van der Waals surface area contributed by atoms with E-state index in [0.29, 0.717) is 16.6 Å². The van der Waals surface area contributed by atoms with Crippen molar-refractivity contribution in [2.45, 2.75) is 59.2 Å². The summed E-state index contributed by atoms with van der Waals surface area (Å²) in [4.78, 5) is 33.6. The average molecular weight is 412 g/mol. The summed E-state index contributed by atoms with van der Waals surface area (Å²) in [5.74, 6) is -0.129. The Labute approximate surface area is 162 Å². The number of nitrogens with zero attached hydrogens (tertiary/aromatic N) is 3. The predicted octanol–water partition coefficient (Wildman–Crippen LogP) is 1.89. The number of thiophene rings is 1. The lowest BCUT2D eigenvalue weighted by Gasteiger charge is -2.33. The molecule has 3 heterocycles. The zero-order chi connectivity index (χ0) is 19.9. The van der Waals surface area contributed by atoms with Gasteiger partial charge in [-0.1, -0.05) is 6.92 Å². The van der Waals surface area contributed by atoms with Crippen LogP contribution in [0.15, 0.2) is 11.1 Å². The van der Waals surface area contributed by atoms with Crippen LogP contribution in [0.5, 0.6) is 0 Å². The number of carbonyl (C=O) groups excluding carboxylic acids is 1. The Morgan fingerprint density at radius 2 is 2.15 bits per heavy atom. The van der Waals surface area contributed by atoms with E-state index in [1.54, 1.807) is 4.90 Å². The summed E-state index contributed by atoms with van der Waals surface area (Å²) in [7, 11) is -3.10. The van der Waals surface area contributed by atoms with E-state index in [1.165, 1.54) is 22.2 Å². The molecule has 0 aliphatic carbocycles. The largest absolute Gasteiger partial charge is 0.334 e. The van der Waals surface area contributed by atoms with Gasteiger partial charge < -0.3 is 4.90 Å². The smallest absolute Gasteiger partial charge is 0.262 e. The van der Waals surface area contributed by atoms with Gasteiger partial charge in [0.05, 0.1) is 23.2 Å². The van der Waals surface area contributed by atoms with Crippen molar-refractivity contribution in [3.8, 4) is 0 Å². The highest BCUT2D eigenvalue weighted by Crippen LogP contribution is 2.26. The molecule has 1 amide bonds. The molecule has 0 spiro atoms. The van der Waals surface area contributed by atoms with Crippen LogP contribution in [-0.4, -0.2) is 52.4 Å². The summed E-state index contributed by atoms with van der Waals surface area (Å²) in [6.07, 6.45) is 2.59. The van der Waals surface area contributed by atoms with E-state index < -0.39 is 9.84 Å². The molecule has 2 aromatic rings. The van der Waals surface area contributed by atoms with Gasteiger partial charge in [0, 0.05) is 17.0 Å². The van der Waals surface area contributed by atoms with Gasteiger partial charge in [0.25, 0.3) is 5.56 Å². The first-order valence-corrected chi connectivity index (χ1v) is 11.7. The number of carbonyl (C=O) groups is 1. The molecule has 148 valence electrons. The van der Waals surface area contributed by atoms with Gasteiger partial charge in [0.2, 0.25) is 5.91 Å². The first-order valence-electron chi connectivity index (χ1n) is 9.11. The molecule has 0 unspecified atom stereocenters. The number of aryl methyl sites for hydroxylation is 2. The van der Waals surface area contributed by atoms with Crippen LogP contribution in [0.25, 0.3) is 10.2 Å². The summed E-state index contributed by atoms with van der Waals surface area (Å²) in [6, 6.07) is -0.414. The highest BCUT2D eigenvalue weighted by Gasteiger charge is 2.36. The van der Waals surface area contributed by atoms with Crippen LogP contribution in [0, 0.1) is 13.8 Å². The number of fused-ring (bicyclic) bond motifs is 1. The lowest BCUT2D eigenvalue weighted by Crippen LogP contribution is -2.48. The van der Waals surface area contributed by atoms with E-state index in [9.17, 15) is 18.0 Å². The second kappa shape index (κ2) is 7.35. The maximum Gasteiger partial charge on any atom is 0.262 e. The standard InChI is InChI=1S/C18H25N3O4S2/c1-5-11(2)21(14-6-7-27(24,25)9-14)15(22)8-20-10-19-17-16(18(20)23)12(3)13(4)26-17/h10-11,14H,5-9H2,1-4H3/t11-,14-/m1/s1. The zero-order valence-electron chi connectivity index (χ0n) is 16.1. The van der Waals surface area contributed by atoms with Crippen molar-refractivity contribution in [2.75, 3.05) is 11.5 Å². The quantitative estimate of drug-likeness (QED) is 0.750. The first kappa shape index (κ1) is 20.0. The monoisotopic (exact) mass is 411 g/mol. The number of rotatable bonds is 5. The summed E-state index contributed by atoms with van der Waals surface area (Å²) in [6.45, 7) is 7.59. The first-order chi connectivity index (χ1) is 12.6. The number of amides is 1. The van der Waals surface area contributed by atoms with Gasteiger partial charge >= 0.3 is 0 Å². The minimum atomic E-state index is -3.10. The van der Waals surface area contributed by atoms with Crippen molar-refractivity contribution in [2.24, 2.45) is 0 Å². The van der Waals surface area contributed by atoms with Crippen molar-refractivity contribution in [3.05, 3.63) is 27.1 Å². The Bertz CT molecular complexity index is 1040. The van der Waals surface area contributed by atoms with Crippen molar-refractivity contribution >= 4 is 37.3 Å². The van der Waals surface area contributed by atoms with Crippen LogP contribution in [0.3, 0.4) is 0 Å². The molecule has 0 radical (unpaired) electrons. The summed E-state index contributed by atoms with van der Waals surface area (Å²) >= 11 is 1.47. The van der Waals surface area contributed by atoms with Crippen LogP contribution < -0.4 is 5.56 Å². The molecule has 1 saturated heterocycles. The second-order valence-corrected chi connectivity index (χ2v) is 10.7. The van der Waals surface area contributed by atoms with Gasteiger partial charge in [-0.15, -0.1) is 11.3 Å². The van der Waals surface area contributed by atoms with Crippen LogP contribution in [0.4, 0.5) is 0 Å². The van der Waals surface area contributed by atoms with Crippen molar-refractivity contribution in [1.29, 1.82) is 0 Å². The molecule has 27 heavy (non-hydrogen) atoms. The Morgan fingerprint density at radius 1 is 1.44 bits per heavy atom. The molecule has 3 rings (SSSR count). The lowest BCUT2D eigenvalue weighted by atomic mass is 10.1. The van der Waals surface area contributed by atoms with E-state index in [1.807, 2.05) is 27.7 Å². The third kappa shape index (κ3) is 3.80. The lowest BCUT2D eigenvalue weighted by molar-refractivity contribution is -0.136. The molecule has 0 bridgehead atoms. The van der Waals surface area contributed by atoms with Gasteiger partial charge in [-0.25, -0.2) is 13.4 Å². The predicted molar refractivity (Wildman–Crippen MR) is 107 cm³/mol. The highest BCUT2D eigenvalue weighted by atomic mass is 32.2. The van der Waals surface area contributed by atoms with Crippen LogP contribution in [0.2, 0.25) is 0 Å². The van der Waals surface area contributed by atoms with E-state index in [2.05, 4.69) is 4.98 Å². The zero-order valence-corrected chi connectivity index (χ0v) is 17.7. The molecule has 2 aromatic heterocycles. The van der Waals surface area contributed by atoms with Gasteiger partial charge in [0.15, 0.2) is 9.84 Å². The summed E-state index contributed by atoms with van der Waals surface area (Å²) in [5.41, 5.74) is 0.674. The van der Waals surface area contributed by atoms with Crippen LogP contribution in [0.1, 0.15) is 37.1 Å². The number of hydrogen-bond acceptors (Lipinski definition) is 6. The third-order valence-corrected chi connectivity index (χ3v) is 8.28. The third-order valence-electron chi connectivity index (χ3n) is 5.42. The van der Waals surface area contributed by atoms with Crippen LogP contribution >= 0.6 is 11.3 Å². The van der Waals surface area contributed by atoms with Gasteiger partial charge in [0.1, 0.15) is 11.4 Å². The molecule has 1 aliphatic rings.